The van der Waals surface area contributed by atoms with Crippen LogP contribution in [-0.4, -0.2) is 74.4 Å². The zero-order chi connectivity index (χ0) is 13.8. The van der Waals surface area contributed by atoms with Crippen LogP contribution in [0.5, 0.6) is 0 Å². The summed E-state index contributed by atoms with van der Waals surface area (Å²) in [6.07, 6.45) is 1.66. The molecule has 2 aliphatic heterocycles. The molecule has 2 rings (SSSR count). The summed E-state index contributed by atoms with van der Waals surface area (Å²) in [4.78, 5) is 5.01. The molecule has 0 aromatic heterocycles. The number of piperidine rings is 1. The third kappa shape index (κ3) is 3.91. The van der Waals surface area contributed by atoms with Crippen LogP contribution in [0.4, 0.5) is 0 Å². The summed E-state index contributed by atoms with van der Waals surface area (Å²) in [7, 11) is 2.19. The molecule has 0 aliphatic carbocycles. The van der Waals surface area contributed by atoms with E-state index in [-0.39, 0.29) is 0 Å². The highest BCUT2D eigenvalue weighted by Crippen LogP contribution is 2.24. The Kier molecular flexibility index (Phi) is 5.63. The van der Waals surface area contributed by atoms with Gasteiger partial charge in [-0.1, -0.05) is 13.8 Å². The molecular weight excluding hydrogens is 238 g/mol. The van der Waals surface area contributed by atoms with Gasteiger partial charge in [0.15, 0.2) is 0 Å². The van der Waals surface area contributed by atoms with E-state index in [2.05, 4.69) is 42.9 Å². The van der Waals surface area contributed by atoms with Crippen molar-refractivity contribution in [1.29, 1.82) is 0 Å². The van der Waals surface area contributed by atoms with E-state index in [1.54, 1.807) is 0 Å². The second-order valence-corrected chi connectivity index (χ2v) is 6.30. The van der Waals surface area contributed by atoms with E-state index in [0.29, 0.717) is 18.2 Å². The largest absolute Gasteiger partial charge is 0.374 e. The van der Waals surface area contributed by atoms with Gasteiger partial charge in [-0.05, 0) is 32.9 Å². The second-order valence-electron chi connectivity index (χ2n) is 6.30. The van der Waals surface area contributed by atoms with Gasteiger partial charge in [0.2, 0.25) is 0 Å². The van der Waals surface area contributed by atoms with Crippen LogP contribution in [0.2, 0.25) is 0 Å². The molecule has 0 aromatic carbocycles. The van der Waals surface area contributed by atoms with Gasteiger partial charge in [0.25, 0.3) is 0 Å². The van der Waals surface area contributed by atoms with Crippen molar-refractivity contribution in [3.8, 4) is 0 Å². The molecule has 112 valence electrons. The molecule has 2 saturated heterocycles. The van der Waals surface area contributed by atoms with E-state index in [1.165, 1.54) is 13.0 Å². The molecular formula is C15H31N3O. The van der Waals surface area contributed by atoms with Crippen LogP contribution in [0.25, 0.3) is 0 Å². The topological polar surface area (TPSA) is 27.7 Å². The minimum absolute atomic E-state index is 0.393. The lowest BCUT2D eigenvalue weighted by molar-refractivity contribution is -0.0509. The molecule has 2 fully saturated rings. The lowest BCUT2D eigenvalue weighted by Gasteiger charge is -2.45. The number of nitrogens with zero attached hydrogens (tertiary/aromatic N) is 2. The lowest BCUT2D eigenvalue weighted by Crippen LogP contribution is -2.56. The maximum Gasteiger partial charge on any atom is 0.0829 e. The number of hydrogen-bond acceptors (Lipinski definition) is 4. The first-order chi connectivity index (χ1) is 9.11. The van der Waals surface area contributed by atoms with Crippen LogP contribution in [0, 0.1) is 5.92 Å². The Labute approximate surface area is 118 Å². The number of likely N-dealkylation sites (N-methyl/N-ethyl adjacent to an activating group) is 1. The average Bonchev–Trinajstić information content (AvgIpc) is 2.39. The highest BCUT2D eigenvalue weighted by Gasteiger charge is 2.33. The number of ether oxygens (including phenoxy) is 1. The maximum absolute atomic E-state index is 5.91. The number of likely N-dealkylation sites (tertiary alicyclic amines) is 1. The predicted octanol–water partition coefficient (Wildman–Crippen LogP) is 1.03. The van der Waals surface area contributed by atoms with Crippen LogP contribution >= 0.6 is 0 Å². The highest BCUT2D eigenvalue weighted by molar-refractivity contribution is 4.90. The summed E-state index contributed by atoms with van der Waals surface area (Å²) in [5.74, 6) is 0.718. The summed E-state index contributed by atoms with van der Waals surface area (Å²) in [6, 6.07) is 1.33. The minimum Gasteiger partial charge on any atom is -0.374 e. The Morgan fingerprint density at radius 3 is 2.74 bits per heavy atom. The number of morpholine rings is 1. The quantitative estimate of drug-likeness (QED) is 0.825. The van der Waals surface area contributed by atoms with Crippen molar-refractivity contribution in [3.05, 3.63) is 0 Å². The summed E-state index contributed by atoms with van der Waals surface area (Å²) in [5, 5.41) is 3.63. The van der Waals surface area contributed by atoms with E-state index in [1.807, 2.05) is 0 Å². The van der Waals surface area contributed by atoms with Crippen LogP contribution in [0.15, 0.2) is 0 Å². The fourth-order valence-corrected chi connectivity index (χ4v) is 3.49. The van der Waals surface area contributed by atoms with Gasteiger partial charge >= 0.3 is 0 Å². The van der Waals surface area contributed by atoms with Crippen molar-refractivity contribution >= 4 is 0 Å². The summed E-state index contributed by atoms with van der Waals surface area (Å²) >= 11 is 0. The molecule has 2 heterocycles. The number of rotatable bonds is 4. The van der Waals surface area contributed by atoms with Crippen molar-refractivity contribution < 1.29 is 4.74 Å². The van der Waals surface area contributed by atoms with Crippen molar-refractivity contribution in [2.45, 2.75) is 45.4 Å². The standard InChI is InChI=1S/C15H31N3O/c1-5-16-15-6-7-18(13(3)12(15)2)11-14-10-17(4)8-9-19-14/h12-16H,5-11H2,1-4H3. The molecule has 2 aliphatic rings. The zero-order valence-electron chi connectivity index (χ0n) is 13.1. The number of nitrogens with one attached hydrogen (secondary N) is 1. The Balaban J connectivity index is 1.84. The van der Waals surface area contributed by atoms with E-state index in [4.69, 9.17) is 4.74 Å². The van der Waals surface area contributed by atoms with Gasteiger partial charge in [-0.2, -0.15) is 0 Å². The molecule has 0 aromatic rings. The Morgan fingerprint density at radius 2 is 2.05 bits per heavy atom. The van der Waals surface area contributed by atoms with Crippen LogP contribution in [-0.2, 0) is 4.74 Å². The van der Waals surface area contributed by atoms with E-state index >= 15 is 0 Å². The Hall–Kier alpha value is -0.160. The molecule has 0 saturated carbocycles. The van der Waals surface area contributed by atoms with Crippen molar-refractivity contribution in [2.24, 2.45) is 5.92 Å². The monoisotopic (exact) mass is 269 g/mol. The molecule has 4 unspecified atom stereocenters. The summed E-state index contributed by atoms with van der Waals surface area (Å²) in [6.45, 7) is 13.4. The fourth-order valence-electron chi connectivity index (χ4n) is 3.49. The molecule has 4 atom stereocenters. The molecule has 19 heavy (non-hydrogen) atoms. The van der Waals surface area contributed by atoms with E-state index in [0.717, 1.165) is 38.7 Å². The van der Waals surface area contributed by atoms with E-state index < -0.39 is 0 Å². The molecule has 1 N–H and O–H groups in total. The Bertz CT molecular complexity index is 274. The van der Waals surface area contributed by atoms with Crippen LogP contribution in [0.1, 0.15) is 27.2 Å². The molecule has 0 spiro atoms. The van der Waals surface area contributed by atoms with Crippen LogP contribution < -0.4 is 5.32 Å². The average molecular weight is 269 g/mol. The maximum atomic E-state index is 5.91. The predicted molar refractivity (Wildman–Crippen MR) is 79.5 cm³/mol. The second kappa shape index (κ2) is 7.02. The SMILES string of the molecule is CCNC1CCN(CC2CN(C)CCO2)C(C)C1C. The lowest BCUT2D eigenvalue weighted by atomic mass is 9.86. The first-order valence-electron chi connectivity index (χ1n) is 7.89. The highest BCUT2D eigenvalue weighted by atomic mass is 16.5. The van der Waals surface area contributed by atoms with Crippen molar-refractivity contribution in [1.82, 2.24) is 15.1 Å². The zero-order valence-corrected chi connectivity index (χ0v) is 13.1. The molecule has 0 radical (unpaired) electrons. The smallest absolute Gasteiger partial charge is 0.0829 e. The van der Waals surface area contributed by atoms with Gasteiger partial charge in [-0.15, -0.1) is 0 Å². The van der Waals surface area contributed by atoms with Gasteiger partial charge < -0.3 is 15.0 Å². The fraction of sp³-hybridized carbons (Fsp3) is 1.00. The molecule has 4 nitrogen and oxygen atoms in total. The first kappa shape index (κ1) is 15.2. The van der Waals surface area contributed by atoms with Gasteiger partial charge in [0, 0.05) is 38.3 Å². The molecule has 0 amide bonds. The van der Waals surface area contributed by atoms with Gasteiger partial charge in [0.1, 0.15) is 0 Å². The van der Waals surface area contributed by atoms with Crippen LogP contribution in [0.3, 0.4) is 0 Å². The summed E-state index contributed by atoms with van der Waals surface area (Å²) in [5.41, 5.74) is 0. The number of hydrogen-bond donors (Lipinski definition) is 1. The van der Waals surface area contributed by atoms with Gasteiger partial charge in [-0.25, -0.2) is 0 Å². The summed E-state index contributed by atoms with van der Waals surface area (Å²) < 4.78 is 5.91. The minimum atomic E-state index is 0.393. The first-order valence-corrected chi connectivity index (χ1v) is 7.89. The third-order valence-corrected chi connectivity index (χ3v) is 4.95. The van der Waals surface area contributed by atoms with Crippen molar-refractivity contribution in [2.75, 3.05) is 46.4 Å². The van der Waals surface area contributed by atoms with Crippen molar-refractivity contribution in [3.63, 3.8) is 0 Å². The molecule has 0 bridgehead atoms. The molecule has 4 heteroatoms. The Morgan fingerprint density at radius 1 is 1.26 bits per heavy atom. The third-order valence-electron chi connectivity index (χ3n) is 4.95. The van der Waals surface area contributed by atoms with Gasteiger partial charge in [0.05, 0.1) is 12.7 Å². The van der Waals surface area contributed by atoms with Gasteiger partial charge in [-0.3, -0.25) is 4.90 Å². The van der Waals surface area contributed by atoms with E-state index in [9.17, 15) is 0 Å². The normalized spacial score (nSPS) is 38.5.